The van der Waals surface area contributed by atoms with Crippen LogP contribution in [0.4, 0.5) is 14.5 Å². The predicted molar refractivity (Wildman–Crippen MR) is 95.8 cm³/mol. The average Bonchev–Trinajstić information content (AvgIpc) is 3.28. The van der Waals surface area contributed by atoms with Crippen molar-refractivity contribution in [3.63, 3.8) is 0 Å². The van der Waals surface area contributed by atoms with Gasteiger partial charge in [-0.3, -0.25) is 4.79 Å². The van der Waals surface area contributed by atoms with Crippen LogP contribution < -0.4 is 16.0 Å². The van der Waals surface area contributed by atoms with Gasteiger partial charge in [-0.1, -0.05) is 6.07 Å². The fourth-order valence-electron chi connectivity index (χ4n) is 3.03. The quantitative estimate of drug-likeness (QED) is 0.838. The lowest BCUT2D eigenvalue weighted by Crippen LogP contribution is -2.47. The minimum atomic E-state index is -1.05. The van der Waals surface area contributed by atoms with Crippen LogP contribution in [0.15, 0.2) is 29.6 Å². The summed E-state index contributed by atoms with van der Waals surface area (Å²) in [4.78, 5) is 15.1. The highest BCUT2D eigenvalue weighted by Gasteiger charge is 2.28. The summed E-state index contributed by atoms with van der Waals surface area (Å²) in [5.74, 6) is -2.28. The Hall–Kier alpha value is -2.50. The van der Waals surface area contributed by atoms with Crippen molar-refractivity contribution in [2.24, 2.45) is 5.73 Å². The molecule has 0 radical (unpaired) electrons. The van der Waals surface area contributed by atoms with E-state index in [0.717, 1.165) is 17.0 Å². The topological polar surface area (TPSA) is 82.2 Å². The molecule has 1 aromatic heterocycles. The number of nitrogens with one attached hydrogen (secondary N) is 1. The lowest BCUT2D eigenvalue weighted by molar-refractivity contribution is -0.122. The molecule has 1 fully saturated rings. The van der Waals surface area contributed by atoms with Gasteiger partial charge >= 0.3 is 0 Å². The number of nitrogens with zero attached hydrogens (tertiary/aromatic N) is 2. The number of carbonyl (C=O) groups excluding carboxylic acids is 1. The number of carbonyl (C=O) groups is 1. The Kier molecular flexibility index (Phi) is 5.49. The fourth-order valence-corrected chi connectivity index (χ4v) is 3.80. The molecule has 2 heterocycles. The van der Waals surface area contributed by atoms with Crippen molar-refractivity contribution in [1.29, 1.82) is 5.26 Å². The number of amides is 1. The summed E-state index contributed by atoms with van der Waals surface area (Å²) in [7, 11) is 0. The van der Waals surface area contributed by atoms with Crippen molar-refractivity contribution < 1.29 is 13.6 Å². The molecule has 1 amide bonds. The summed E-state index contributed by atoms with van der Waals surface area (Å²) in [6, 6.07) is 6.86. The highest BCUT2D eigenvalue weighted by molar-refractivity contribution is 7.09. The fraction of sp³-hybridized carbons (Fsp3) is 0.333. The van der Waals surface area contributed by atoms with Crippen LogP contribution in [0.25, 0.3) is 0 Å². The van der Waals surface area contributed by atoms with Gasteiger partial charge in [0.15, 0.2) is 11.6 Å². The minimum absolute atomic E-state index is 0.0743. The van der Waals surface area contributed by atoms with Gasteiger partial charge < -0.3 is 16.0 Å². The van der Waals surface area contributed by atoms with Crippen LogP contribution >= 0.6 is 11.3 Å². The molecule has 1 aliphatic rings. The Morgan fingerprint density at radius 3 is 2.92 bits per heavy atom. The molecule has 3 rings (SSSR count). The van der Waals surface area contributed by atoms with Gasteiger partial charge in [0, 0.05) is 36.5 Å². The van der Waals surface area contributed by atoms with E-state index >= 15 is 0 Å². The zero-order chi connectivity index (χ0) is 18.7. The van der Waals surface area contributed by atoms with Crippen LogP contribution in [0.5, 0.6) is 0 Å². The van der Waals surface area contributed by atoms with Crippen LogP contribution in [0.3, 0.4) is 0 Å². The van der Waals surface area contributed by atoms with Crippen molar-refractivity contribution in [2.75, 3.05) is 18.0 Å². The maximum Gasteiger partial charge on any atom is 0.237 e. The first-order chi connectivity index (χ1) is 12.5. The monoisotopic (exact) mass is 376 g/mol. The molecule has 26 heavy (non-hydrogen) atoms. The third-order valence-electron chi connectivity index (χ3n) is 4.37. The molecule has 1 saturated heterocycles. The second-order valence-corrected chi connectivity index (χ2v) is 7.26. The third kappa shape index (κ3) is 4.00. The maximum atomic E-state index is 13.5. The molecule has 2 atom stereocenters. The van der Waals surface area contributed by atoms with Gasteiger partial charge in [-0.2, -0.15) is 5.26 Å². The van der Waals surface area contributed by atoms with E-state index in [9.17, 15) is 13.6 Å². The largest absolute Gasteiger partial charge is 0.368 e. The van der Waals surface area contributed by atoms with Crippen LogP contribution in [-0.4, -0.2) is 31.1 Å². The SMILES string of the molecule is N#Cc1cc(F)c(F)cc1N1CC[C@H](NC(=O)[C@@H](N)Cc2cccs2)C1. The molecule has 0 saturated carbocycles. The molecule has 0 spiro atoms. The van der Waals surface area contributed by atoms with Crippen molar-refractivity contribution in [3.8, 4) is 6.07 Å². The molecular weight excluding hydrogens is 358 g/mol. The highest BCUT2D eigenvalue weighted by Crippen LogP contribution is 2.27. The standard InChI is InChI=1S/C18H18F2N4OS/c19-14-6-11(9-21)17(8-15(14)20)24-4-3-12(10-24)23-18(25)16(22)7-13-2-1-5-26-13/h1-2,5-6,8,12,16H,3-4,7,10,22H2,(H,23,25)/t12-,16-/m0/s1. The van der Waals surface area contributed by atoms with Gasteiger partial charge in [-0.25, -0.2) is 8.78 Å². The van der Waals surface area contributed by atoms with E-state index in [4.69, 9.17) is 11.0 Å². The van der Waals surface area contributed by atoms with E-state index in [-0.39, 0.29) is 17.5 Å². The van der Waals surface area contributed by atoms with Gasteiger partial charge in [0.2, 0.25) is 5.91 Å². The first-order valence-electron chi connectivity index (χ1n) is 8.20. The second-order valence-electron chi connectivity index (χ2n) is 6.23. The van der Waals surface area contributed by atoms with Crippen molar-refractivity contribution >= 4 is 22.9 Å². The average molecular weight is 376 g/mol. The number of anilines is 1. The van der Waals surface area contributed by atoms with Crippen molar-refractivity contribution in [3.05, 3.63) is 51.7 Å². The number of hydrogen-bond donors (Lipinski definition) is 2. The molecule has 8 heteroatoms. The molecule has 0 bridgehead atoms. The molecule has 3 N–H and O–H groups in total. The summed E-state index contributed by atoms with van der Waals surface area (Å²) in [6.07, 6.45) is 1.11. The highest BCUT2D eigenvalue weighted by atomic mass is 32.1. The normalized spacial score (nSPS) is 17.8. The minimum Gasteiger partial charge on any atom is -0.368 e. The van der Waals surface area contributed by atoms with Gasteiger partial charge in [0.25, 0.3) is 0 Å². The van der Waals surface area contributed by atoms with Crippen molar-refractivity contribution in [2.45, 2.75) is 24.9 Å². The number of benzene rings is 1. The molecule has 0 aliphatic carbocycles. The maximum absolute atomic E-state index is 13.5. The van der Waals surface area contributed by atoms with Gasteiger partial charge in [0.05, 0.1) is 17.3 Å². The molecule has 1 aliphatic heterocycles. The second kappa shape index (κ2) is 7.81. The molecule has 0 unspecified atom stereocenters. The number of rotatable bonds is 5. The number of halogens is 2. The predicted octanol–water partition coefficient (Wildman–Crippen LogP) is 2.16. The first kappa shape index (κ1) is 18.3. The molecule has 2 aromatic rings. The Bertz CT molecular complexity index is 834. The number of nitriles is 1. The summed E-state index contributed by atoms with van der Waals surface area (Å²) < 4.78 is 26.9. The Morgan fingerprint density at radius 1 is 1.46 bits per heavy atom. The number of hydrogen-bond acceptors (Lipinski definition) is 5. The smallest absolute Gasteiger partial charge is 0.237 e. The van der Waals surface area contributed by atoms with E-state index < -0.39 is 17.7 Å². The van der Waals surface area contributed by atoms with Crippen LogP contribution in [0, 0.1) is 23.0 Å². The zero-order valence-corrected chi connectivity index (χ0v) is 14.7. The summed E-state index contributed by atoms with van der Waals surface area (Å²) in [6.45, 7) is 0.947. The van der Waals surface area contributed by atoms with Gasteiger partial charge in [0.1, 0.15) is 6.07 Å². The third-order valence-corrected chi connectivity index (χ3v) is 5.27. The molecular formula is C18H18F2N4OS. The zero-order valence-electron chi connectivity index (χ0n) is 13.9. The summed E-state index contributed by atoms with van der Waals surface area (Å²) >= 11 is 1.55. The number of nitrogens with two attached hydrogens (primary N) is 1. The Labute approximate surface area is 154 Å². The molecule has 136 valence electrons. The van der Waals surface area contributed by atoms with Gasteiger partial charge in [-0.05, 0) is 23.9 Å². The number of thiophene rings is 1. The van der Waals surface area contributed by atoms with E-state index in [0.29, 0.717) is 31.6 Å². The summed E-state index contributed by atoms with van der Waals surface area (Å²) in [5, 5.41) is 14.0. The lowest BCUT2D eigenvalue weighted by atomic mass is 10.1. The van der Waals surface area contributed by atoms with E-state index in [2.05, 4.69) is 5.32 Å². The Balaban J connectivity index is 1.61. The summed E-state index contributed by atoms with van der Waals surface area (Å²) in [5.41, 5.74) is 6.37. The Morgan fingerprint density at radius 2 is 2.23 bits per heavy atom. The molecule has 5 nitrogen and oxygen atoms in total. The van der Waals surface area contributed by atoms with E-state index in [1.54, 1.807) is 16.2 Å². The van der Waals surface area contributed by atoms with Gasteiger partial charge in [-0.15, -0.1) is 11.3 Å². The molecule has 1 aromatic carbocycles. The lowest BCUT2D eigenvalue weighted by Gasteiger charge is -2.21. The van der Waals surface area contributed by atoms with E-state index in [1.807, 2.05) is 23.6 Å². The van der Waals surface area contributed by atoms with Crippen molar-refractivity contribution in [1.82, 2.24) is 5.32 Å². The van der Waals surface area contributed by atoms with Crippen LogP contribution in [-0.2, 0) is 11.2 Å². The van der Waals surface area contributed by atoms with Crippen LogP contribution in [0.1, 0.15) is 16.9 Å². The first-order valence-corrected chi connectivity index (χ1v) is 9.08. The van der Waals surface area contributed by atoms with E-state index in [1.165, 1.54) is 0 Å². The van der Waals surface area contributed by atoms with Crippen LogP contribution in [0.2, 0.25) is 0 Å².